The molecule has 10 atom stereocenters. The molecule has 226 valence electrons. The van der Waals surface area contributed by atoms with E-state index in [1.165, 1.54) is 0 Å². The Bertz CT molecular complexity index is 1070. The Morgan fingerprint density at radius 3 is 1.73 bits per heavy atom. The van der Waals surface area contributed by atoms with Gasteiger partial charge in [0.05, 0.1) is 5.41 Å². The van der Waals surface area contributed by atoms with Crippen molar-refractivity contribution >= 4 is 17.5 Å². The molecule has 10 unspecified atom stereocenters. The molecule has 0 aliphatic heterocycles. The molecule has 5 fully saturated rings. The van der Waals surface area contributed by atoms with Crippen molar-refractivity contribution in [1.29, 1.82) is 0 Å². The third-order valence-corrected chi connectivity index (χ3v) is 14.9. The minimum Gasteiger partial charge on any atom is -0.481 e. The molecule has 0 bridgehead atoms. The van der Waals surface area contributed by atoms with Gasteiger partial charge in [0.1, 0.15) is 11.6 Å². The van der Waals surface area contributed by atoms with E-state index in [9.17, 15) is 19.5 Å². The molecule has 0 aromatic heterocycles. The van der Waals surface area contributed by atoms with Crippen LogP contribution in [0.15, 0.2) is 0 Å². The maximum Gasteiger partial charge on any atom is 0.309 e. The molecule has 0 radical (unpaired) electrons. The zero-order valence-electron chi connectivity index (χ0n) is 27.1. The number of aliphatic carboxylic acids is 1. The summed E-state index contributed by atoms with van der Waals surface area (Å²) >= 11 is 0. The van der Waals surface area contributed by atoms with E-state index in [2.05, 4.69) is 48.5 Å². The van der Waals surface area contributed by atoms with Gasteiger partial charge in [0, 0.05) is 24.7 Å². The Morgan fingerprint density at radius 2 is 1.15 bits per heavy atom. The maximum atomic E-state index is 13.5. The molecular formula is C36H58O4. The second-order valence-corrected chi connectivity index (χ2v) is 17.4. The van der Waals surface area contributed by atoms with Crippen LogP contribution in [0.4, 0.5) is 0 Å². The molecular weight excluding hydrogens is 496 g/mol. The fraction of sp³-hybridized carbons (Fsp3) is 0.917. The summed E-state index contributed by atoms with van der Waals surface area (Å²) in [5, 5.41) is 10.7. The molecule has 0 aromatic rings. The third kappa shape index (κ3) is 3.91. The van der Waals surface area contributed by atoms with E-state index in [1.807, 2.05) is 13.8 Å². The number of carboxylic acid groups (broad SMARTS) is 1. The van der Waals surface area contributed by atoms with Gasteiger partial charge in [-0.25, -0.2) is 0 Å². The van der Waals surface area contributed by atoms with Crippen LogP contribution in [0, 0.1) is 68.0 Å². The summed E-state index contributed by atoms with van der Waals surface area (Å²) in [4.78, 5) is 40.0. The third-order valence-electron chi connectivity index (χ3n) is 14.9. The van der Waals surface area contributed by atoms with Gasteiger partial charge in [0.15, 0.2) is 0 Å². The first-order chi connectivity index (χ1) is 18.4. The summed E-state index contributed by atoms with van der Waals surface area (Å²) in [6.07, 6.45) is 11.1. The van der Waals surface area contributed by atoms with E-state index in [0.717, 1.165) is 64.2 Å². The van der Waals surface area contributed by atoms with Crippen LogP contribution in [-0.4, -0.2) is 22.6 Å². The minimum atomic E-state index is -0.565. The molecule has 5 aliphatic carbocycles. The Kier molecular flexibility index (Phi) is 7.12. The number of carbonyl (C=O) groups is 3. The number of carbonyl (C=O) groups excluding carboxylic acids is 2. The van der Waals surface area contributed by atoms with Gasteiger partial charge in [-0.05, 0) is 115 Å². The fourth-order valence-corrected chi connectivity index (χ4v) is 13.3. The summed E-state index contributed by atoms with van der Waals surface area (Å²) in [5.41, 5.74) is -0.377. The molecule has 0 aromatic carbocycles. The number of Topliss-reactive ketones (excluding diaryl/α,β-unsaturated/α-hetero) is 2. The lowest BCUT2D eigenvalue weighted by Crippen LogP contribution is -2.68. The molecule has 5 saturated carbocycles. The predicted octanol–water partition coefficient (Wildman–Crippen LogP) is 8.75. The van der Waals surface area contributed by atoms with E-state index in [1.54, 1.807) is 0 Å². The molecule has 1 N–H and O–H groups in total. The lowest BCUT2D eigenvalue weighted by molar-refractivity contribution is -0.248. The Labute approximate surface area is 244 Å². The Morgan fingerprint density at radius 1 is 0.625 bits per heavy atom. The lowest BCUT2D eigenvalue weighted by atomic mass is 9.31. The molecule has 4 heteroatoms. The molecule has 0 heterocycles. The first-order valence-corrected chi connectivity index (χ1v) is 16.7. The highest BCUT2D eigenvalue weighted by Gasteiger charge is 2.71. The zero-order chi connectivity index (χ0) is 29.7. The Hall–Kier alpha value is -1.19. The van der Waals surface area contributed by atoms with Crippen LogP contribution in [0.2, 0.25) is 0 Å². The van der Waals surface area contributed by atoms with Crippen LogP contribution in [0.1, 0.15) is 139 Å². The number of rotatable bonds is 5. The van der Waals surface area contributed by atoms with Gasteiger partial charge in [-0.1, -0.05) is 62.3 Å². The fourth-order valence-electron chi connectivity index (χ4n) is 13.3. The highest BCUT2D eigenvalue weighted by molar-refractivity contribution is 5.90. The standard InChI is InChI=1S/C36H58O4/c1-10-23(37)22-20-35(9)25(32(5,6)29(22)24(38)11-2)12-15-33(7)26-14-17-36(30(39)40)19-18-31(3,4)21-28(36)34(26,8)16-13-27(33)35/h22,25-29H,10-21H2,1-9H3,(H,39,40). The second-order valence-electron chi connectivity index (χ2n) is 17.4. The van der Waals surface area contributed by atoms with Gasteiger partial charge in [-0.3, -0.25) is 14.4 Å². The molecule has 5 aliphatic rings. The van der Waals surface area contributed by atoms with E-state index in [-0.39, 0.29) is 56.4 Å². The van der Waals surface area contributed by atoms with Crippen LogP contribution in [0.5, 0.6) is 0 Å². The average molecular weight is 555 g/mol. The monoisotopic (exact) mass is 554 g/mol. The van der Waals surface area contributed by atoms with Gasteiger partial charge in [-0.15, -0.1) is 0 Å². The predicted molar refractivity (Wildman–Crippen MR) is 160 cm³/mol. The van der Waals surface area contributed by atoms with Crippen LogP contribution < -0.4 is 0 Å². The molecule has 0 saturated heterocycles. The number of carboxylic acids is 1. The summed E-state index contributed by atoms with van der Waals surface area (Å²) in [7, 11) is 0. The maximum absolute atomic E-state index is 13.5. The molecule has 5 rings (SSSR count). The van der Waals surface area contributed by atoms with Crippen molar-refractivity contribution < 1.29 is 19.5 Å². The lowest BCUT2D eigenvalue weighted by Gasteiger charge is -2.73. The summed E-state index contributed by atoms with van der Waals surface area (Å²) < 4.78 is 0. The van der Waals surface area contributed by atoms with Crippen LogP contribution >= 0.6 is 0 Å². The van der Waals surface area contributed by atoms with E-state index in [4.69, 9.17) is 0 Å². The summed E-state index contributed by atoms with van der Waals surface area (Å²) in [5.74, 6) is 1.35. The van der Waals surface area contributed by atoms with Crippen LogP contribution in [0.3, 0.4) is 0 Å². The van der Waals surface area contributed by atoms with E-state index in [0.29, 0.717) is 30.6 Å². The average Bonchev–Trinajstić information content (AvgIpc) is 2.86. The zero-order valence-corrected chi connectivity index (χ0v) is 27.1. The van der Waals surface area contributed by atoms with Crippen molar-refractivity contribution in [2.45, 2.75) is 139 Å². The highest BCUT2D eigenvalue weighted by atomic mass is 16.4. The van der Waals surface area contributed by atoms with Gasteiger partial charge in [0.25, 0.3) is 0 Å². The number of hydrogen-bond donors (Lipinski definition) is 1. The van der Waals surface area contributed by atoms with E-state index < -0.39 is 11.4 Å². The van der Waals surface area contributed by atoms with Crippen molar-refractivity contribution in [3.63, 3.8) is 0 Å². The summed E-state index contributed by atoms with van der Waals surface area (Å²) in [6, 6.07) is 0. The summed E-state index contributed by atoms with van der Waals surface area (Å²) in [6.45, 7) is 20.8. The van der Waals surface area contributed by atoms with E-state index >= 15 is 0 Å². The SMILES string of the molecule is CCC(=O)C1CC2(C)C(CCC3(C)C4CCC5(C(=O)O)CCC(C)(C)CC5C4(C)CCC23)C(C)(C)C1C(=O)CC. The Balaban J connectivity index is 1.56. The molecule has 0 spiro atoms. The van der Waals surface area contributed by atoms with Crippen molar-refractivity contribution in [2.24, 2.45) is 68.0 Å². The normalized spacial score (nSPS) is 49.0. The van der Waals surface area contributed by atoms with Crippen molar-refractivity contribution in [1.82, 2.24) is 0 Å². The quantitative estimate of drug-likeness (QED) is 0.369. The first-order valence-electron chi connectivity index (χ1n) is 16.7. The number of hydrogen-bond acceptors (Lipinski definition) is 3. The van der Waals surface area contributed by atoms with Gasteiger partial charge in [0.2, 0.25) is 0 Å². The van der Waals surface area contributed by atoms with Crippen LogP contribution in [-0.2, 0) is 14.4 Å². The van der Waals surface area contributed by atoms with Crippen LogP contribution in [0.25, 0.3) is 0 Å². The second kappa shape index (κ2) is 9.40. The van der Waals surface area contributed by atoms with Crippen molar-refractivity contribution in [3.8, 4) is 0 Å². The first kappa shape index (κ1) is 30.3. The smallest absolute Gasteiger partial charge is 0.309 e. The topological polar surface area (TPSA) is 71.4 Å². The number of fused-ring (bicyclic) bond motifs is 7. The minimum absolute atomic E-state index is 0.0189. The van der Waals surface area contributed by atoms with Crippen molar-refractivity contribution in [2.75, 3.05) is 0 Å². The van der Waals surface area contributed by atoms with Gasteiger partial charge >= 0.3 is 5.97 Å². The molecule has 0 amide bonds. The highest BCUT2D eigenvalue weighted by Crippen LogP contribution is 2.77. The number of ketones is 2. The van der Waals surface area contributed by atoms with Crippen molar-refractivity contribution in [3.05, 3.63) is 0 Å². The molecule has 40 heavy (non-hydrogen) atoms. The van der Waals surface area contributed by atoms with Gasteiger partial charge in [-0.2, -0.15) is 0 Å². The van der Waals surface area contributed by atoms with Gasteiger partial charge < -0.3 is 5.11 Å². The molecule has 4 nitrogen and oxygen atoms in total. The largest absolute Gasteiger partial charge is 0.481 e.